The van der Waals surface area contributed by atoms with E-state index in [0.717, 1.165) is 49.8 Å². The maximum absolute atomic E-state index is 6.58. The van der Waals surface area contributed by atoms with Crippen LogP contribution in [0, 0.1) is 0 Å². The van der Waals surface area contributed by atoms with E-state index >= 15 is 0 Å². The zero-order chi connectivity index (χ0) is 26.5. The summed E-state index contributed by atoms with van der Waals surface area (Å²) < 4.78 is 6.58. The average molecular weight is 512 g/mol. The van der Waals surface area contributed by atoms with E-state index in [-0.39, 0.29) is 0 Å². The van der Waals surface area contributed by atoms with Crippen LogP contribution in [0.3, 0.4) is 0 Å². The molecule has 0 aliphatic carbocycles. The SMILES string of the molecule is c1ccc(-c2cccc(N(c3ccccc3)c3cc4c5cc6ccccc6cc5oc4c4ccccc34)c2)cc1. The molecule has 0 spiro atoms. The van der Waals surface area contributed by atoms with Gasteiger partial charge in [-0.2, -0.15) is 0 Å². The molecule has 1 heterocycles. The number of benzene rings is 7. The number of para-hydroxylation sites is 1. The molecule has 40 heavy (non-hydrogen) atoms. The predicted octanol–water partition coefficient (Wildman–Crippen LogP) is 11.0. The molecule has 0 fully saturated rings. The van der Waals surface area contributed by atoms with Crippen LogP contribution in [-0.4, -0.2) is 0 Å². The molecule has 0 N–H and O–H groups in total. The molecule has 0 bridgehead atoms. The molecule has 0 radical (unpaired) electrons. The number of anilines is 3. The first-order valence-corrected chi connectivity index (χ1v) is 13.6. The van der Waals surface area contributed by atoms with Gasteiger partial charge in [0.1, 0.15) is 11.2 Å². The number of rotatable bonds is 4. The van der Waals surface area contributed by atoms with Gasteiger partial charge in [0.15, 0.2) is 0 Å². The topological polar surface area (TPSA) is 16.4 Å². The third-order valence-corrected chi connectivity index (χ3v) is 7.79. The summed E-state index contributed by atoms with van der Waals surface area (Å²) in [6.45, 7) is 0. The first-order chi connectivity index (χ1) is 19.8. The lowest BCUT2D eigenvalue weighted by atomic mass is 10.00. The summed E-state index contributed by atoms with van der Waals surface area (Å²) in [4.78, 5) is 2.37. The lowest BCUT2D eigenvalue weighted by Crippen LogP contribution is -2.10. The zero-order valence-corrected chi connectivity index (χ0v) is 21.8. The van der Waals surface area contributed by atoms with Crippen LogP contribution >= 0.6 is 0 Å². The minimum Gasteiger partial charge on any atom is -0.455 e. The number of hydrogen-bond donors (Lipinski definition) is 0. The standard InChI is InChI=1S/C38H25NO/c1-3-12-26(13-4-1)27-16-11-19-31(22-27)39(30-17-5-2-6-18-30)36-25-35-34-23-28-14-7-8-15-29(28)24-37(34)40-38(35)33-21-10-9-20-32(33)36/h1-25H. The van der Waals surface area contributed by atoms with Crippen molar-refractivity contribution in [1.82, 2.24) is 0 Å². The lowest BCUT2D eigenvalue weighted by molar-refractivity contribution is 0.673. The van der Waals surface area contributed by atoms with Gasteiger partial charge in [0, 0.05) is 32.9 Å². The van der Waals surface area contributed by atoms with Gasteiger partial charge in [-0.1, -0.05) is 109 Å². The van der Waals surface area contributed by atoms with Crippen LogP contribution in [0.1, 0.15) is 0 Å². The molecular formula is C38H25NO. The van der Waals surface area contributed by atoms with Crippen LogP contribution < -0.4 is 4.90 Å². The van der Waals surface area contributed by atoms with Crippen molar-refractivity contribution in [2.75, 3.05) is 4.90 Å². The Bertz CT molecular complexity index is 2160. The minimum atomic E-state index is 0.910. The summed E-state index contributed by atoms with van der Waals surface area (Å²) in [6, 6.07) is 53.8. The van der Waals surface area contributed by atoms with Crippen molar-refractivity contribution in [1.29, 1.82) is 0 Å². The molecule has 0 saturated carbocycles. The van der Waals surface area contributed by atoms with Crippen LogP contribution in [0.4, 0.5) is 17.1 Å². The molecule has 1 aromatic heterocycles. The maximum atomic E-state index is 6.58. The summed E-state index contributed by atoms with van der Waals surface area (Å²) in [5, 5.41) is 6.90. The fourth-order valence-electron chi connectivity index (χ4n) is 5.91. The molecule has 2 nitrogen and oxygen atoms in total. The summed E-state index contributed by atoms with van der Waals surface area (Å²) in [7, 11) is 0. The normalized spacial score (nSPS) is 11.5. The van der Waals surface area contributed by atoms with Crippen molar-refractivity contribution in [3.8, 4) is 11.1 Å². The third-order valence-electron chi connectivity index (χ3n) is 7.79. The van der Waals surface area contributed by atoms with Gasteiger partial charge in [-0.05, 0) is 64.4 Å². The van der Waals surface area contributed by atoms with E-state index in [0.29, 0.717) is 0 Å². The fraction of sp³-hybridized carbons (Fsp3) is 0. The molecule has 2 heteroatoms. The van der Waals surface area contributed by atoms with Gasteiger partial charge in [-0.3, -0.25) is 0 Å². The van der Waals surface area contributed by atoms with Crippen molar-refractivity contribution in [2.45, 2.75) is 0 Å². The molecule has 0 aliphatic heterocycles. The highest BCUT2D eigenvalue weighted by Gasteiger charge is 2.20. The molecule has 0 unspecified atom stereocenters. The van der Waals surface area contributed by atoms with Crippen LogP contribution in [0.25, 0.3) is 54.6 Å². The van der Waals surface area contributed by atoms with Crippen LogP contribution in [0.5, 0.6) is 0 Å². The number of hydrogen-bond acceptors (Lipinski definition) is 2. The largest absolute Gasteiger partial charge is 0.455 e. The van der Waals surface area contributed by atoms with Crippen LogP contribution in [0.15, 0.2) is 156 Å². The van der Waals surface area contributed by atoms with Crippen molar-refractivity contribution >= 4 is 60.5 Å². The first-order valence-electron chi connectivity index (χ1n) is 13.6. The zero-order valence-electron chi connectivity index (χ0n) is 21.8. The molecule has 8 rings (SSSR count). The number of nitrogens with zero attached hydrogens (tertiary/aromatic N) is 1. The highest BCUT2D eigenvalue weighted by atomic mass is 16.3. The maximum Gasteiger partial charge on any atom is 0.143 e. The molecule has 0 saturated heterocycles. The Kier molecular flexibility index (Phi) is 5.17. The highest BCUT2D eigenvalue weighted by molar-refractivity contribution is 6.21. The second kappa shape index (κ2) is 9.14. The summed E-state index contributed by atoms with van der Waals surface area (Å²) >= 11 is 0. The van der Waals surface area contributed by atoms with E-state index in [1.54, 1.807) is 0 Å². The smallest absolute Gasteiger partial charge is 0.143 e. The van der Waals surface area contributed by atoms with E-state index in [4.69, 9.17) is 4.42 Å². The number of fused-ring (bicyclic) bond motifs is 6. The third kappa shape index (κ3) is 3.65. The van der Waals surface area contributed by atoms with Gasteiger partial charge >= 0.3 is 0 Å². The predicted molar refractivity (Wildman–Crippen MR) is 169 cm³/mol. The van der Waals surface area contributed by atoms with Crippen molar-refractivity contribution in [2.24, 2.45) is 0 Å². The minimum absolute atomic E-state index is 0.910. The quantitative estimate of drug-likeness (QED) is 0.234. The molecule has 7 aromatic carbocycles. The molecule has 0 aliphatic rings. The van der Waals surface area contributed by atoms with E-state index in [9.17, 15) is 0 Å². The van der Waals surface area contributed by atoms with Crippen molar-refractivity contribution in [3.05, 3.63) is 152 Å². The van der Waals surface area contributed by atoms with Gasteiger partial charge in [-0.25, -0.2) is 0 Å². The second-order valence-electron chi connectivity index (χ2n) is 10.2. The number of furan rings is 1. The average Bonchev–Trinajstić information content (AvgIpc) is 3.39. The highest BCUT2D eigenvalue weighted by Crippen LogP contribution is 2.45. The monoisotopic (exact) mass is 511 g/mol. The van der Waals surface area contributed by atoms with Crippen LogP contribution in [0.2, 0.25) is 0 Å². The van der Waals surface area contributed by atoms with E-state index in [1.165, 1.54) is 21.9 Å². The van der Waals surface area contributed by atoms with Gasteiger partial charge in [0.05, 0.1) is 5.69 Å². The van der Waals surface area contributed by atoms with Gasteiger partial charge in [0.25, 0.3) is 0 Å². The van der Waals surface area contributed by atoms with E-state index < -0.39 is 0 Å². The lowest BCUT2D eigenvalue weighted by Gasteiger charge is -2.27. The Labute approximate surface area is 232 Å². The molecule has 0 atom stereocenters. The summed E-state index contributed by atoms with van der Waals surface area (Å²) in [5.74, 6) is 0. The van der Waals surface area contributed by atoms with E-state index in [1.807, 2.05) is 0 Å². The van der Waals surface area contributed by atoms with E-state index in [2.05, 4.69) is 157 Å². The van der Waals surface area contributed by atoms with Gasteiger partial charge < -0.3 is 9.32 Å². The van der Waals surface area contributed by atoms with Gasteiger partial charge in [0.2, 0.25) is 0 Å². The Balaban J connectivity index is 1.44. The summed E-state index contributed by atoms with van der Waals surface area (Å²) in [6.07, 6.45) is 0. The Hall–Kier alpha value is -5.34. The Morgan fingerprint density at radius 2 is 1.02 bits per heavy atom. The molecule has 8 aromatic rings. The first kappa shape index (κ1) is 22.6. The van der Waals surface area contributed by atoms with Gasteiger partial charge in [-0.15, -0.1) is 0 Å². The fourth-order valence-corrected chi connectivity index (χ4v) is 5.91. The molecular weight excluding hydrogens is 486 g/mol. The van der Waals surface area contributed by atoms with Crippen molar-refractivity contribution in [3.63, 3.8) is 0 Å². The Morgan fingerprint density at radius 1 is 0.400 bits per heavy atom. The molecule has 188 valence electrons. The summed E-state index contributed by atoms with van der Waals surface area (Å²) in [5.41, 5.74) is 7.56. The van der Waals surface area contributed by atoms with Crippen LogP contribution in [-0.2, 0) is 0 Å². The van der Waals surface area contributed by atoms with Crippen molar-refractivity contribution < 1.29 is 4.42 Å². The Morgan fingerprint density at radius 3 is 1.82 bits per heavy atom. The molecule has 0 amide bonds. The second-order valence-corrected chi connectivity index (χ2v) is 10.2.